The smallest absolute Gasteiger partial charge is 0.119 e. The highest BCUT2D eigenvalue weighted by Gasteiger charge is 2.16. The zero-order chi connectivity index (χ0) is 19.9. The fourth-order valence-corrected chi connectivity index (χ4v) is 4.35. The zero-order valence-electron chi connectivity index (χ0n) is 17.7. The summed E-state index contributed by atoms with van der Waals surface area (Å²) in [6.07, 6.45) is 11.0. The maximum atomic E-state index is 5.99. The molecule has 6 heteroatoms. The Hall–Kier alpha value is -1.92. The SMILES string of the molecule is Cc1cc(OCCCN2CCCCC2)ccc1-c1cn(CC2CCCCO2)nn1. The van der Waals surface area contributed by atoms with E-state index in [4.69, 9.17) is 9.47 Å². The quantitative estimate of drug-likeness (QED) is 0.627. The van der Waals surface area contributed by atoms with Crippen LogP contribution in [0.25, 0.3) is 11.3 Å². The molecular weight excluding hydrogens is 364 g/mol. The van der Waals surface area contributed by atoms with Crippen molar-refractivity contribution in [1.82, 2.24) is 19.9 Å². The second-order valence-electron chi connectivity index (χ2n) is 8.40. The lowest BCUT2D eigenvalue weighted by Gasteiger charge is -2.26. The highest BCUT2D eigenvalue weighted by atomic mass is 16.5. The van der Waals surface area contributed by atoms with E-state index < -0.39 is 0 Å². The number of hydrogen-bond acceptors (Lipinski definition) is 5. The first kappa shape index (κ1) is 20.4. The Labute approximate surface area is 174 Å². The lowest BCUT2D eigenvalue weighted by atomic mass is 10.1. The van der Waals surface area contributed by atoms with Crippen molar-refractivity contribution in [2.75, 3.05) is 32.8 Å². The first-order valence-electron chi connectivity index (χ1n) is 11.3. The Balaban J connectivity index is 1.28. The molecule has 2 fully saturated rings. The normalized spacial score (nSPS) is 20.7. The van der Waals surface area contributed by atoms with Crippen LogP contribution in [0.1, 0.15) is 50.5 Å². The maximum absolute atomic E-state index is 5.99. The molecule has 0 radical (unpaired) electrons. The van der Waals surface area contributed by atoms with Gasteiger partial charge in [0.1, 0.15) is 11.4 Å². The molecule has 158 valence electrons. The number of hydrogen-bond donors (Lipinski definition) is 0. The number of ether oxygens (including phenoxy) is 2. The molecule has 1 aromatic heterocycles. The molecule has 1 atom stereocenters. The monoisotopic (exact) mass is 398 g/mol. The number of likely N-dealkylation sites (tertiary alicyclic amines) is 1. The van der Waals surface area contributed by atoms with Gasteiger partial charge in [-0.15, -0.1) is 5.10 Å². The van der Waals surface area contributed by atoms with Gasteiger partial charge < -0.3 is 14.4 Å². The second kappa shape index (κ2) is 10.2. The van der Waals surface area contributed by atoms with Crippen molar-refractivity contribution in [2.24, 2.45) is 0 Å². The molecule has 2 saturated heterocycles. The maximum Gasteiger partial charge on any atom is 0.119 e. The summed E-state index contributed by atoms with van der Waals surface area (Å²) in [6.45, 7) is 8.18. The van der Waals surface area contributed by atoms with Gasteiger partial charge in [0.15, 0.2) is 0 Å². The van der Waals surface area contributed by atoms with E-state index in [-0.39, 0.29) is 6.10 Å². The van der Waals surface area contributed by atoms with Crippen LogP contribution in [0.5, 0.6) is 5.75 Å². The minimum Gasteiger partial charge on any atom is -0.494 e. The zero-order valence-corrected chi connectivity index (χ0v) is 17.7. The summed E-state index contributed by atoms with van der Waals surface area (Å²) in [5, 5.41) is 8.69. The largest absolute Gasteiger partial charge is 0.494 e. The molecule has 29 heavy (non-hydrogen) atoms. The summed E-state index contributed by atoms with van der Waals surface area (Å²) in [7, 11) is 0. The van der Waals surface area contributed by atoms with Gasteiger partial charge in [0.05, 0.1) is 25.5 Å². The van der Waals surface area contributed by atoms with E-state index in [2.05, 4.69) is 34.3 Å². The highest BCUT2D eigenvalue weighted by molar-refractivity contribution is 5.63. The van der Waals surface area contributed by atoms with Crippen LogP contribution in [0, 0.1) is 6.92 Å². The van der Waals surface area contributed by atoms with Crippen LogP contribution < -0.4 is 4.74 Å². The van der Waals surface area contributed by atoms with Gasteiger partial charge in [0.2, 0.25) is 0 Å². The Morgan fingerprint density at radius 3 is 2.83 bits per heavy atom. The number of aryl methyl sites for hydroxylation is 1. The Kier molecular flexibility index (Phi) is 7.17. The lowest BCUT2D eigenvalue weighted by molar-refractivity contribution is 0.00370. The van der Waals surface area contributed by atoms with E-state index in [1.807, 2.05) is 16.9 Å². The molecule has 2 aromatic rings. The van der Waals surface area contributed by atoms with Crippen LogP contribution >= 0.6 is 0 Å². The van der Waals surface area contributed by atoms with Crippen LogP contribution in [0.2, 0.25) is 0 Å². The third kappa shape index (κ3) is 5.80. The van der Waals surface area contributed by atoms with Crippen molar-refractivity contribution < 1.29 is 9.47 Å². The number of rotatable bonds is 8. The molecule has 1 aromatic carbocycles. The summed E-state index contributed by atoms with van der Waals surface area (Å²) < 4.78 is 13.7. The molecular formula is C23H34N4O2. The fourth-order valence-electron chi connectivity index (χ4n) is 4.35. The molecule has 0 aliphatic carbocycles. The third-order valence-electron chi connectivity index (χ3n) is 6.01. The van der Waals surface area contributed by atoms with E-state index in [1.54, 1.807) is 0 Å². The molecule has 2 aliphatic heterocycles. The summed E-state index contributed by atoms with van der Waals surface area (Å²) in [6, 6.07) is 6.26. The number of benzene rings is 1. The van der Waals surface area contributed by atoms with E-state index >= 15 is 0 Å². The van der Waals surface area contributed by atoms with Gasteiger partial charge in [0, 0.05) is 18.7 Å². The summed E-state index contributed by atoms with van der Waals surface area (Å²) in [5.41, 5.74) is 3.19. The minimum absolute atomic E-state index is 0.264. The number of aromatic nitrogens is 3. The number of piperidine rings is 1. The molecule has 0 N–H and O–H groups in total. The van der Waals surface area contributed by atoms with Gasteiger partial charge in [-0.2, -0.15) is 0 Å². The van der Waals surface area contributed by atoms with Gasteiger partial charge in [0.25, 0.3) is 0 Å². The molecule has 0 amide bonds. The van der Waals surface area contributed by atoms with Crippen molar-refractivity contribution in [3.05, 3.63) is 30.0 Å². The highest BCUT2D eigenvalue weighted by Crippen LogP contribution is 2.26. The lowest BCUT2D eigenvalue weighted by Crippen LogP contribution is -2.31. The van der Waals surface area contributed by atoms with Crippen LogP contribution in [0.3, 0.4) is 0 Å². The average Bonchev–Trinajstić information content (AvgIpc) is 3.21. The van der Waals surface area contributed by atoms with Gasteiger partial charge in [-0.25, -0.2) is 4.68 Å². The van der Waals surface area contributed by atoms with E-state index in [9.17, 15) is 0 Å². The van der Waals surface area contributed by atoms with Gasteiger partial charge in [-0.1, -0.05) is 11.6 Å². The predicted octanol–water partition coefficient (Wildman–Crippen LogP) is 4.08. The number of nitrogens with zero attached hydrogens (tertiary/aromatic N) is 4. The van der Waals surface area contributed by atoms with Crippen molar-refractivity contribution in [3.63, 3.8) is 0 Å². The summed E-state index contributed by atoms with van der Waals surface area (Å²) in [4.78, 5) is 2.56. The summed E-state index contributed by atoms with van der Waals surface area (Å²) >= 11 is 0. The Morgan fingerprint density at radius 2 is 2.03 bits per heavy atom. The predicted molar refractivity (Wildman–Crippen MR) is 114 cm³/mol. The van der Waals surface area contributed by atoms with Crippen LogP contribution in [-0.4, -0.2) is 58.8 Å². The van der Waals surface area contributed by atoms with E-state index in [0.29, 0.717) is 0 Å². The standard InChI is InChI=1S/C23H34N4O2/c1-19-16-20(28-15-7-13-26-11-4-2-5-12-26)9-10-22(19)23-18-27(25-24-23)17-21-8-3-6-14-29-21/h9-10,16,18,21H,2-8,11-15,17H2,1H3. The van der Waals surface area contributed by atoms with Gasteiger partial charge in [-0.05, 0) is 82.3 Å². The average molecular weight is 399 g/mol. The van der Waals surface area contributed by atoms with Gasteiger partial charge in [-0.3, -0.25) is 0 Å². The van der Waals surface area contributed by atoms with Crippen molar-refractivity contribution in [2.45, 2.75) is 64.5 Å². The Morgan fingerprint density at radius 1 is 1.14 bits per heavy atom. The van der Waals surface area contributed by atoms with Crippen LogP contribution in [0.4, 0.5) is 0 Å². The molecule has 0 spiro atoms. The Bertz CT molecular complexity index is 764. The molecule has 2 aliphatic rings. The first-order valence-corrected chi connectivity index (χ1v) is 11.3. The van der Waals surface area contributed by atoms with Crippen molar-refractivity contribution >= 4 is 0 Å². The molecule has 4 rings (SSSR count). The topological polar surface area (TPSA) is 52.4 Å². The van der Waals surface area contributed by atoms with Crippen molar-refractivity contribution in [3.8, 4) is 17.0 Å². The van der Waals surface area contributed by atoms with Gasteiger partial charge >= 0.3 is 0 Å². The van der Waals surface area contributed by atoms with E-state index in [1.165, 1.54) is 50.8 Å². The molecule has 6 nitrogen and oxygen atoms in total. The molecule has 0 saturated carbocycles. The first-order chi connectivity index (χ1) is 14.3. The second-order valence-corrected chi connectivity index (χ2v) is 8.40. The fraction of sp³-hybridized carbons (Fsp3) is 0.652. The van der Waals surface area contributed by atoms with E-state index in [0.717, 1.165) is 56.2 Å². The third-order valence-corrected chi connectivity index (χ3v) is 6.01. The molecule has 3 heterocycles. The van der Waals surface area contributed by atoms with Crippen LogP contribution in [-0.2, 0) is 11.3 Å². The molecule has 1 unspecified atom stereocenters. The summed E-state index contributed by atoms with van der Waals surface area (Å²) in [5.74, 6) is 0.938. The minimum atomic E-state index is 0.264. The van der Waals surface area contributed by atoms with Crippen LogP contribution in [0.15, 0.2) is 24.4 Å². The van der Waals surface area contributed by atoms with Crippen molar-refractivity contribution in [1.29, 1.82) is 0 Å². The molecule has 0 bridgehead atoms.